The van der Waals surface area contributed by atoms with Crippen LogP contribution >= 0.6 is 0 Å². The summed E-state index contributed by atoms with van der Waals surface area (Å²) in [7, 11) is 1.24. The number of aliphatic hydroxyl groups is 2. The number of carbonyl (C=O) groups excluding carboxylic acids is 1. The molecule has 1 aliphatic carbocycles. The Labute approximate surface area is 70.1 Å². The minimum Gasteiger partial charge on any atom is -0.469 e. The van der Waals surface area contributed by atoms with E-state index in [0.29, 0.717) is 0 Å². The van der Waals surface area contributed by atoms with Gasteiger partial charge in [-0.3, -0.25) is 4.79 Å². The SMILES string of the molecule is COC(=O)C1CC(N)C(O)C1O. The molecule has 1 saturated carbocycles. The van der Waals surface area contributed by atoms with Crippen molar-refractivity contribution in [2.45, 2.75) is 24.7 Å². The first-order valence-electron chi connectivity index (χ1n) is 3.77. The standard InChI is InChI=1S/C7H13NO4/c1-12-7(11)3-2-4(8)6(10)5(3)9/h3-6,9-10H,2,8H2,1H3. The Bertz CT molecular complexity index is 184. The number of nitrogens with two attached hydrogens (primary N) is 1. The summed E-state index contributed by atoms with van der Waals surface area (Å²) >= 11 is 0. The van der Waals surface area contributed by atoms with Gasteiger partial charge in [-0.1, -0.05) is 0 Å². The van der Waals surface area contributed by atoms with Gasteiger partial charge < -0.3 is 20.7 Å². The fraction of sp³-hybridized carbons (Fsp3) is 0.857. The second-order valence-corrected chi connectivity index (χ2v) is 3.01. The minimum atomic E-state index is -1.09. The molecule has 0 saturated heterocycles. The third-order valence-electron chi connectivity index (χ3n) is 2.23. The molecule has 0 spiro atoms. The van der Waals surface area contributed by atoms with Crippen LogP contribution in [0.3, 0.4) is 0 Å². The van der Waals surface area contributed by atoms with Crippen LogP contribution in [0.2, 0.25) is 0 Å². The average Bonchev–Trinajstić information content (AvgIpc) is 2.32. The Morgan fingerprint density at radius 3 is 2.42 bits per heavy atom. The number of hydrogen-bond donors (Lipinski definition) is 3. The number of methoxy groups -OCH3 is 1. The fourth-order valence-corrected chi connectivity index (χ4v) is 1.45. The van der Waals surface area contributed by atoms with Crippen LogP contribution < -0.4 is 5.73 Å². The van der Waals surface area contributed by atoms with Crippen LogP contribution in [0.4, 0.5) is 0 Å². The highest BCUT2D eigenvalue weighted by molar-refractivity contribution is 5.73. The predicted molar refractivity (Wildman–Crippen MR) is 40.1 cm³/mol. The Morgan fingerprint density at radius 1 is 1.50 bits per heavy atom. The highest BCUT2D eigenvalue weighted by Gasteiger charge is 2.43. The topological polar surface area (TPSA) is 92.8 Å². The number of rotatable bonds is 1. The third kappa shape index (κ3) is 1.43. The number of ether oxygens (including phenoxy) is 1. The molecule has 0 amide bonds. The van der Waals surface area contributed by atoms with E-state index in [1.807, 2.05) is 0 Å². The van der Waals surface area contributed by atoms with Crippen molar-refractivity contribution in [2.75, 3.05) is 7.11 Å². The zero-order valence-corrected chi connectivity index (χ0v) is 6.80. The number of aliphatic hydroxyl groups excluding tert-OH is 2. The van der Waals surface area contributed by atoms with Gasteiger partial charge in [-0.25, -0.2) is 0 Å². The van der Waals surface area contributed by atoms with E-state index >= 15 is 0 Å². The van der Waals surface area contributed by atoms with Crippen molar-refractivity contribution in [1.82, 2.24) is 0 Å². The van der Waals surface area contributed by atoms with Crippen molar-refractivity contribution in [1.29, 1.82) is 0 Å². The summed E-state index contributed by atoms with van der Waals surface area (Å²) in [5.41, 5.74) is 5.43. The maximum Gasteiger partial charge on any atom is 0.311 e. The van der Waals surface area contributed by atoms with Gasteiger partial charge in [0, 0.05) is 6.04 Å². The third-order valence-corrected chi connectivity index (χ3v) is 2.23. The van der Waals surface area contributed by atoms with Crippen LogP contribution in [0, 0.1) is 5.92 Å². The van der Waals surface area contributed by atoms with E-state index in [9.17, 15) is 15.0 Å². The maximum atomic E-state index is 11.0. The van der Waals surface area contributed by atoms with E-state index < -0.39 is 30.1 Å². The van der Waals surface area contributed by atoms with Crippen molar-refractivity contribution < 1.29 is 19.7 Å². The number of hydrogen-bond acceptors (Lipinski definition) is 5. The monoisotopic (exact) mass is 175 g/mol. The van der Waals surface area contributed by atoms with Gasteiger partial charge in [-0.05, 0) is 6.42 Å². The van der Waals surface area contributed by atoms with Crippen LogP contribution in [0.1, 0.15) is 6.42 Å². The van der Waals surface area contributed by atoms with E-state index in [1.54, 1.807) is 0 Å². The van der Waals surface area contributed by atoms with Gasteiger partial charge in [0.05, 0.1) is 25.2 Å². The summed E-state index contributed by atoms with van der Waals surface area (Å²) in [4.78, 5) is 11.0. The number of esters is 1. The molecule has 1 rings (SSSR count). The zero-order valence-electron chi connectivity index (χ0n) is 6.80. The number of carbonyl (C=O) groups is 1. The molecule has 4 atom stereocenters. The first-order valence-corrected chi connectivity index (χ1v) is 3.77. The first-order chi connectivity index (χ1) is 5.57. The Morgan fingerprint density at radius 2 is 2.08 bits per heavy atom. The summed E-state index contributed by atoms with van der Waals surface area (Å²) in [5.74, 6) is -1.20. The summed E-state index contributed by atoms with van der Waals surface area (Å²) in [6.45, 7) is 0. The van der Waals surface area contributed by atoms with Gasteiger partial charge >= 0.3 is 5.97 Å². The van der Waals surface area contributed by atoms with E-state index in [1.165, 1.54) is 7.11 Å². The lowest BCUT2D eigenvalue weighted by molar-refractivity contribution is -0.149. The molecule has 0 aliphatic heterocycles. The summed E-state index contributed by atoms with van der Waals surface area (Å²) in [6.07, 6.45) is -1.84. The highest BCUT2D eigenvalue weighted by atomic mass is 16.5. The van der Waals surface area contributed by atoms with Gasteiger partial charge in [0.25, 0.3) is 0 Å². The maximum absolute atomic E-state index is 11.0. The predicted octanol–water partition coefficient (Wildman–Crippen LogP) is -1.77. The fourth-order valence-electron chi connectivity index (χ4n) is 1.45. The molecule has 1 fully saturated rings. The molecule has 4 unspecified atom stereocenters. The van der Waals surface area contributed by atoms with E-state index in [0.717, 1.165) is 0 Å². The summed E-state index contributed by atoms with van der Waals surface area (Å²) in [6, 6.07) is -0.538. The molecule has 5 heteroatoms. The van der Waals surface area contributed by atoms with Crippen molar-refractivity contribution in [3.05, 3.63) is 0 Å². The molecule has 70 valence electrons. The second kappa shape index (κ2) is 3.38. The molecule has 4 N–H and O–H groups in total. The first kappa shape index (κ1) is 9.44. The molecule has 5 nitrogen and oxygen atoms in total. The molecule has 0 aromatic carbocycles. The minimum absolute atomic E-state index is 0.273. The zero-order chi connectivity index (χ0) is 9.30. The molecule has 0 bridgehead atoms. The van der Waals surface area contributed by atoms with Crippen LogP contribution in [0.15, 0.2) is 0 Å². The lowest BCUT2D eigenvalue weighted by atomic mass is 10.1. The Balaban J connectivity index is 2.64. The van der Waals surface area contributed by atoms with Crippen LogP contribution in [-0.2, 0) is 9.53 Å². The molecule has 0 aromatic heterocycles. The van der Waals surface area contributed by atoms with Gasteiger partial charge in [0.2, 0.25) is 0 Å². The molecule has 0 heterocycles. The smallest absolute Gasteiger partial charge is 0.311 e. The average molecular weight is 175 g/mol. The van der Waals surface area contributed by atoms with E-state index in [2.05, 4.69) is 4.74 Å². The van der Waals surface area contributed by atoms with Gasteiger partial charge in [-0.15, -0.1) is 0 Å². The van der Waals surface area contributed by atoms with Crippen molar-refractivity contribution in [2.24, 2.45) is 11.7 Å². The highest BCUT2D eigenvalue weighted by Crippen LogP contribution is 2.26. The van der Waals surface area contributed by atoms with Gasteiger partial charge in [0.15, 0.2) is 0 Å². The second-order valence-electron chi connectivity index (χ2n) is 3.01. The molecule has 0 aromatic rings. The van der Waals surface area contributed by atoms with E-state index in [4.69, 9.17) is 5.73 Å². The lowest BCUT2D eigenvalue weighted by Crippen LogP contribution is -2.36. The summed E-state index contributed by atoms with van der Waals surface area (Å²) in [5, 5.41) is 18.5. The Kier molecular flexibility index (Phi) is 2.66. The lowest BCUT2D eigenvalue weighted by Gasteiger charge is -2.13. The molecular formula is C7H13NO4. The largest absolute Gasteiger partial charge is 0.469 e. The normalized spacial score (nSPS) is 41.3. The summed E-state index contributed by atoms with van der Waals surface area (Å²) < 4.78 is 4.44. The quantitative estimate of drug-likeness (QED) is 0.410. The van der Waals surface area contributed by atoms with Crippen molar-refractivity contribution in [3.63, 3.8) is 0 Å². The van der Waals surface area contributed by atoms with Crippen LogP contribution in [0.5, 0.6) is 0 Å². The molecular weight excluding hydrogens is 162 g/mol. The molecule has 12 heavy (non-hydrogen) atoms. The van der Waals surface area contributed by atoms with Crippen molar-refractivity contribution >= 4 is 5.97 Å². The van der Waals surface area contributed by atoms with Crippen LogP contribution in [-0.4, -0.2) is 41.5 Å². The van der Waals surface area contributed by atoms with Crippen molar-refractivity contribution in [3.8, 4) is 0 Å². The van der Waals surface area contributed by atoms with E-state index in [-0.39, 0.29) is 6.42 Å². The molecule has 0 radical (unpaired) electrons. The Hall–Kier alpha value is -0.650. The van der Waals surface area contributed by atoms with Gasteiger partial charge in [0.1, 0.15) is 0 Å². The van der Waals surface area contributed by atoms with Crippen LogP contribution in [0.25, 0.3) is 0 Å². The van der Waals surface area contributed by atoms with Gasteiger partial charge in [-0.2, -0.15) is 0 Å². The molecule has 1 aliphatic rings.